The van der Waals surface area contributed by atoms with Gasteiger partial charge in [0.05, 0.1) is 12.6 Å². The molecule has 0 amide bonds. The standard InChI is InChI=1S/C18H13Br2NO3/c1-22-11-4-2-10(3-5-11)17-12-6-15-16(24-9-23-15)7-14(12)21-18(20)13(17)8-19/h2-7H,8-9H2,1H3. The Balaban J connectivity index is 2.03. The van der Waals surface area contributed by atoms with Gasteiger partial charge in [0.25, 0.3) is 0 Å². The SMILES string of the molecule is COc1ccc(-c2c(CBr)c(Br)nc3cc4c(cc23)OCO4)cc1. The Labute approximate surface area is 156 Å². The van der Waals surface area contributed by atoms with Crippen LogP contribution in [0.3, 0.4) is 0 Å². The highest BCUT2D eigenvalue weighted by atomic mass is 79.9. The summed E-state index contributed by atoms with van der Waals surface area (Å²) >= 11 is 7.18. The summed E-state index contributed by atoms with van der Waals surface area (Å²) in [5.74, 6) is 2.31. The van der Waals surface area contributed by atoms with Gasteiger partial charge in [-0.05, 0) is 45.3 Å². The number of nitrogens with zero attached hydrogens (tertiary/aromatic N) is 1. The van der Waals surface area contributed by atoms with Crippen molar-refractivity contribution < 1.29 is 14.2 Å². The van der Waals surface area contributed by atoms with E-state index in [2.05, 4.69) is 49.0 Å². The van der Waals surface area contributed by atoms with Crippen LogP contribution in [0.15, 0.2) is 41.0 Å². The lowest BCUT2D eigenvalue weighted by Gasteiger charge is -2.14. The van der Waals surface area contributed by atoms with E-state index < -0.39 is 0 Å². The smallest absolute Gasteiger partial charge is 0.231 e. The molecule has 1 aromatic heterocycles. The predicted octanol–water partition coefficient (Wildman–Crippen LogP) is 5.30. The van der Waals surface area contributed by atoms with E-state index in [1.807, 2.05) is 24.3 Å². The summed E-state index contributed by atoms with van der Waals surface area (Å²) in [5, 5.41) is 1.72. The third-order valence-electron chi connectivity index (χ3n) is 4.04. The number of methoxy groups -OCH3 is 1. The van der Waals surface area contributed by atoms with Gasteiger partial charge in [0.15, 0.2) is 11.5 Å². The van der Waals surface area contributed by atoms with E-state index in [1.165, 1.54) is 0 Å². The number of benzene rings is 2. The number of alkyl halides is 1. The van der Waals surface area contributed by atoms with Crippen molar-refractivity contribution in [2.45, 2.75) is 5.33 Å². The van der Waals surface area contributed by atoms with Crippen molar-refractivity contribution in [3.8, 4) is 28.4 Å². The number of hydrogen-bond donors (Lipinski definition) is 0. The van der Waals surface area contributed by atoms with Crippen LogP contribution in [0.5, 0.6) is 17.2 Å². The highest BCUT2D eigenvalue weighted by molar-refractivity contribution is 9.10. The van der Waals surface area contributed by atoms with E-state index in [9.17, 15) is 0 Å². The minimum absolute atomic E-state index is 0.246. The van der Waals surface area contributed by atoms with E-state index in [0.29, 0.717) is 5.33 Å². The van der Waals surface area contributed by atoms with Gasteiger partial charge in [0, 0.05) is 22.3 Å². The molecule has 2 aromatic carbocycles. The van der Waals surface area contributed by atoms with Crippen LogP contribution in [-0.4, -0.2) is 18.9 Å². The van der Waals surface area contributed by atoms with Gasteiger partial charge >= 0.3 is 0 Å². The van der Waals surface area contributed by atoms with E-state index in [-0.39, 0.29) is 6.79 Å². The van der Waals surface area contributed by atoms with Crippen LogP contribution in [0.4, 0.5) is 0 Å². The zero-order chi connectivity index (χ0) is 16.7. The number of fused-ring (bicyclic) bond motifs is 2. The first-order valence-corrected chi connectivity index (χ1v) is 9.25. The molecule has 24 heavy (non-hydrogen) atoms. The first-order valence-electron chi connectivity index (χ1n) is 7.33. The van der Waals surface area contributed by atoms with Gasteiger partial charge in [-0.3, -0.25) is 0 Å². The number of rotatable bonds is 3. The Morgan fingerprint density at radius 3 is 2.50 bits per heavy atom. The third kappa shape index (κ3) is 2.54. The molecule has 0 saturated heterocycles. The average Bonchev–Trinajstić information content (AvgIpc) is 3.06. The van der Waals surface area contributed by atoms with Crippen LogP contribution in [0.2, 0.25) is 0 Å². The number of aromatic nitrogens is 1. The van der Waals surface area contributed by atoms with Crippen LogP contribution < -0.4 is 14.2 Å². The molecular weight excluding hydrogens is 438 g/mol. The average molecular weight is 451 g/mol. The van der Waals surface area contributed by atoms with Crippen molar-refractivity contribution in [3.05, 3.63) is 46.6 Å². The Hall–Kier alpha value is -1.79. The lowest BCUT2D eigenvalue weighted by Crippen LogP contribution is -1.95. The molecule has 0 spiro atoms. The molecule has 122 valence electrons. The molecule has 0 aliphatic carbocycles. The molecule has 2 heterocycles. The molecule has 4 rings (SSSR count). The zero-order valence-corrected chi connectivity index (χ0v) is 16.0. The molecule has 4 nitrogen and oxygen atoms in total. The molecule has 1 aliphatic rings. The lowest BCUT2D eigenvalue weighted by atomic mass is 9.97. The molecule has 0 saturated carbocycles. The molecule has 0 unspecified atom stereocenters. The summed E-state index contributed by atoms with van der Waals surface area (Å²) in [7, 11) is 1.66. The molecule has 0 radical (unpaired) electrons. The van der Waals surface area contributed by atoms with E-state index in [0.717, 1.165) is 49.4 Å². The van der Waals surface area contributed by atoms with E-state index in [4.69, 9.17) is 14.2 Å². The third-order valence-corrected chi connectivity index (χ3v) is 5.26. The molecule has 1 aliphatic heterocycles. The van der Waals surface area contributed by atoms with Gasteiger partial charge < -0.3 is 14.2 Å². The van der Waals surface area contributed by atoms with Gasteiger partial charge in [-0.25, -0.2) is 4.98 Å². The van der Waals surface area contributed by atoms with E-state index in [1.54, 1.807) is 7.11 Å². The maximum absolute atomic E-state index is 5.54. The quantitative estimate of drug-likeness (QED) is 0.401. The summed E-state index contributed by atoms with van der Waals surface area (Å²) in [6, 6.07) is 11.9. The van der Waals surface area contributed by atoms with Crippen LogP contribution in [0.25, 0.3) is 22.0 Å². The van der Waals surface area contributed by atoms with Crippen molar-refractivity contribution in [1.29, 1.82) is 0 Å². The van der Waals surface area contributed by atoms with Crippen molar-refractivity contribution in [2.24, 2.45) is 0 Å². The van der Waals surface area contributed by atoms with Crippen molar-refractivity contribution in [1.82, 2.24) is 4.98 Å². The zero-order valence-electron chi connectivity index (χ0n) is 12.8. The molecular formula is C18H13Br2NO3. The first kappa shape index (κ1) is 15.7. The summed E-state index contributed by atoms with van der Waals surface area (Å²) in [6.07, 6.45) is 0. The van der Waals surface area contributed by atoms with Gasteiger partial charge in [-0.1, -0.05) is 28.1 Å². The minimum atomic E-state index is 0.246. The van der Waals surface area contributed by atoms with Crippen LogP contribution >= 0.6 is 31.9 Å². The van der Waals surface area contributed by atoms with E-state index >= 15 is 0 Å². The summed E-state index contributed by atoms with van der Waals surface area (Å²) in [5.41, 5.74) is 4.16. The highest BCUT2D eigenvalue weighted by Gasteiger charge is 2.20. The number of pyridine rings is 1. The maximum atomic E-state index is 5.54. The van der Waals surface area contributed by atoms with Gasteiger partial charge in [0.2, 0.25) is 6.79 Å². The molecule has 0 fully saturated rings. The second-order valence-electron chi connectivity index (χ2n) is 5.34. The second kappa shape index (κ2) is 6.26. The van der Waals surface area contributed by atoms with Gasteiger partial charge in [-0.15, -0.1) is 0 Å². The predicted molar refractivity (Wildman–Crippen MR) is 100 cm³/mol. The largest absolute Gasteiger partial charge is 0.497 e. The van der Waals surface area contributed by atoms with Crippen LogP contribution in [-0.2, 0) is 5.33 Å². The minimum Gasteiger partial charge on any atom is -0.497 e. The Kier molecular flexibility index (Phi) is 4.10. The fourth-order valence-corrected chi connectivity index (χ4v) is 4.32. The summed E-state index contributed by atoms with van der Waals surface area (Å²) in [6.45, 7) is 0.246. The lowest BCUT2D eigenvalue weighted by molar-refractivity contribution is 0.174. The summed E-state index contributed by atoms with van der Waals surface area (Å²) in [4.78, 5) is 4.67. The second-order valence-corrected chi connectivity index (χ2v) is 6.65. The summed E-state index contributed by atoms with van der Waals surface area (Å²) < 4.78 is 17.1. The normalized spacial score (nSPS) is 12.6. The Bertz CT molecular complexity index is 926. The fraction of sp³-hybridized carbons (Fsp3) is 0.167. The van der Waals surface area contributed by atoms with Gasteiger partial charge in [0.1, 0.15) is 10.4 Å². The Morgan fingerprint density at radius 1 is 1.12 bits per heavy atom. The number of ether oxygens (including phenoxy) is 3. The van der Waals surface area contributed by atoms with Crippen molar-refractivity contribution in [2.75, 3.05) is 13.9 Å². The first-order chi connectivity index (χ1) is 11.7. The van der Waals surface area contributed by atoms with Gasteiger partial charge in [-0.2, -0.15) is 0 Å². The molecule has 6 heteroatoms. The van der Waals surface area contributed by atoms with Crippen molar-refractivity contribution in [3.63, 3.8) is 0 Å². The molecule has 3 aromatic rings. The van der Waals surface area contributed by atoms with Crippen LogP contribution in [0, 0.1) is 0 Å². The Morgan fingerprint density at radius 2 is 1.83 bits per heavy atom. The van der Waals surface area contributed by atoms with Crippen molar-refractivity contribution >= 4 is 42.8 Å². The highest BCUT2D eigenvalue weighted by Crippen LogP contribution is 2.42. The fourth-order valence-electron chi connectivity index (χ4n) is 2.87. The van der Waals surface area contributed by atoms with Crippen LogP contribution in [0.1, 0.15) is 5.56 Å². The maximum Gasteiger partial charge on any atom is 0.231 e. The molecule has 0 atom stereocenters. The molecule has 0 N–H and O–H groups in total. The topological polar surface area (TPSA) is 40.6 Å². The number of halogens is 2. The number of hydrogen-bond acceptors (Lipinski definition) is 4. The monoisotopic (exact) mass is 449 g/mol. The molecule has 0 bridgehead atoms.